The molecule has 34 heavy (non-hydrogen) atoms. The van der Waals surface area contributed by atoms with Gasteiger partial charge in [0.25, 0.3) is 0 Å². The molecule has 0 spiro atoms. The Morgan fingerprint density at radius 1 is 1.21 bits per heavy atom. The van der Waals surface area contributed by atoms with Crippen molar-refractivity contribution in [1.82, 2.24) is 15.2 Å². The molecule has 3 N–H and O–H groups in total. The van der Waals surface area contributed by atoms with Crippen LogP contribution in [0, 0.1) is 5.41 Å². The molecule has 0 aromatic carbocycles. The summed E-state index contributed by atoms with van der Waals surface area (Å²) in [5.41, 5.74) is 1.61. The van der Waals surface area contributed by atoms with Crippen molar-refractivity contribution < 1.29 is 24.2 Å². The summed E-state index contributed by atoms with van der Waals surface area (Å²) in [6.45, 7) is 7.37. The van der Waals surface area contributed by atoms with Gasteiger partial charge < -0.3 is 30.1 Å². The molecule has 0 saturated heterocycles. The summed E-state index contributed by atoms with van der Waals surface area (Å²) in [5.74, 6) is -0.321. The Labute approximate surface area is 203 Å². The zero-order valence-electron chi connectivity index (χ0n) is 21.2. The molecule has 1 unspecified atom stereocenters. The minimum absolute atomic E-state index is 0.222. The van der Waals surface area contributed by atoms with Gasteiger partial charge in [-0.3, -0.25) is 4.79 Å². The SMILES string of the molecule is COCCN(CCCCc1ccc2c(n1)NCCC2)CCC(NC(=O)C(C)(C)COC)C(=O)O. The van der Waals surface area contributed by atoms with Gasteiger partial charge in [0.05, 0.1) is 18.6 Å². The van der Waals surface area contributed by atoms with Crippen LogP contribution in [0.5, 0.6) is 0 Å². The zero-order valence-corrected chi connectivity index (χ0v) is 21.2. The van der Waals surface area contributed by atoms with Crippen LogP contribution in [0.25, 0.3) is 0 Å². The van der Waals surface area contributed by atoms with Gasteiger partial charge in [0.2, 0.25) is 5.91 Å². The molecule has 0 saturated carbocycles. The maximum atomic E-state index is 12.5. The number of amides is 1. The highest BCUT2D eigenvalue weighted by Crippen LogP contribution is 2.20. The highest BCUT2D eigenvalue weighted by molar-refractivity contribution is 5.87. The van der Waals surface area contributed by atoms with Crippen molar-refractivity contribution in [2.24, 2.45) is 5.41 Å². The standard InChI is InChI=1S/C25H42N4O5/c1-25(2,18-34-4)24(32)28-21(23(30)31)12-15-29(16-17-33-3)14-6-5-9-20-11-10-19-8-7-13-26-22(19)27-20/h10-11,21H,5-9,12-18H2,1-4H3,(H,26,27)(H,28,32)(H,30,31). The van der Waals surface area contributed by atoms with Gasteiger partial charge in [-0.15, -0.1) is 0 Å². The van der Waals surface area contributed by atoms with Crippen molar-refractivity contribution in [2.45, 2.75) is 58.4 Å². The van der Waals surface area contributed by atoms with E-state index < -0.39 is 17.4 Å². The minimum atomic E-state index is -1.03. The molecular weight excluding hydrogens is 436 g/mol. The van der Waals surface area contributed by atoms with Crippen molar-refractivity contribution >= 4 is 17.7 Å². The van der Waals surface area contributed by atoms with Gasteiger partial charge in [-0.2, -0.15) is 0 Å². The molecule has 1 aromatic heterocycles. The zero-order chi connectivity index (χ0) is 25.0. The largest absolute Gasteiger partial charge is 0.480 e. The Kier molecular flexibility index (Phi) is 11.7. The molecule has 1 aliphatic heterocycles. The van der Waals surface area contributed by atoms with Gasteiger partial charge in [-0.25, -0.2) is 9.78 Å². The van der Waals surface area contributed by atoms with Crippen LogP contribution in [0.4, 0.5) is 5.82 Å². The van der Waals surface area contributed by atoms with Crippen LogP contribution < -0.4 is 10.6 Å². The lowest BCUT2D eigenvalue weighted by Crippen LogP contribution is -2.49. The second-order valence-corrected chi connectivity index (χ2v) is 9.60. The summed E-state index contributed by atoms with van der Waals surface area (Å²) in [5, 5.41) is 15.7. The van der Waals surface area contributed by atoms with Crippen LogP contribution in [-0.4, -0.2) is 86.5 Å². The fourth-order valence-electron chi connectivity index (χ4n) is 4.05. The molecule has 0 aliphatic carbocycles. The van der Waals surface area contributed by atoms with Crippen molar-refractivity contribution in [1.29, 1.82) is 0 Å². The molecule has 1 amide bonds. The Balaban J connectivity index is 1.83. The number of methoxy groups -OCH3 is 2. The molecule has 9 heteroatoms. The van der Waals surface area contributed by atoms with Crippen LogP contribution in [0.2, 0.25) is 0 Å². The molecule has 1 aliphatic rings. The molecule has 1 aromatic rings. The van der Waals surface area contributed by atoms with Crippen LogP contribution in [0.1, 0.15) is 50.8 Å². The van der Waals surface area contributed by atoms with E-state index in [0.717, 1.165) is 56.7 Å². The van der Waals surface area contributed by atoms with E-state index in [1.807, 2.05) is 0 Å². The van der Waals surface area contributed by atoms with Gasteiger partial charge in [0.15, 0.2) is 0 Å². The van der Waals surface area contributed by atoms with Crippen LogP contribution in [-0.2, 0) is 31.9 Å². The van der Waals surface area contributed by atoms with Crippen LogP contribution in [0.3, 0.4) is 0 Å². The van der Waals surface area contributed by atoms with Crippen LogP contribution >= 0.6 is 0 Å². The number of pyridine rings is 1. The van der Waals surface area contributed by atoms with E-state index in [4.69, 9.17) is 14.5 Å². The quantitative estimate of drug-likeness (QED) is 0.310. The number of anilines is 1. The van der Waals surface area contributed by atoms with Crippen LogP contribution in [0.15, 0.2) is 12.1 Å². The number of nitrogens with zero attached hydrogens (tertiary/aromatic N) is 2. The molecule has 0 fully saturated rings. The maximum Gasteiger partial charge on any atom is 0.326 e. The fraction of sp³-hybridized carbons (Fsp3) is 0.720. The molecule has 9 nitrogen and oxygen atoms in total. The summed E-state index contributed by atoms with van der Waals surface area (Å²) in [4.78, 5) is 31.2. The lowest BCUT2D eigenvalue weighted by molar-refractivity contribution is -0.144. The Morgan fingerprint density at radius 3 is 2.71 bits per heavy atom. The first kappa shape index (κ1) is 28.0. The number of fused-ring (bicyclic) bond motifs is 1. The van der Waals surface area contributed by atoms with E-state index in [0.29, 0.717) is 26.1 Å². The third kappa shape index (κ3) is 9.19. The fourth-order valence-corrected chi connectivity index (χ4v) is 4.05. The number of carbonyl (C=O) groups is 2. The summed E-state index contributed by atoms with van der Waals surface area (Å²) < 4.78 is 10.3. The number of unbranched alkanes of at least 4 members (excludes halogenated alkanes) is 1. The van der Waals surface area contributed by atoms with E-state index >= 15 is 0 Å². The molecule has 192 valence electrons. The number of carboxylic acid groups (broad SMARTS) is 1. The summed E-state index contributed by atoms with van der Waals surface area (Å²) >= 11 is 0. The third-order valence-corrected chi connectivity index (χ3v) is 6.18. The maximum absolute atomic E-state index is 12.5. The molecule has 0 bridgehead atoms. The lowest BCUT2D eigenvalue weighted by atomic mass is 9.93. The second-order valence-electron chi connectivity index (χ2n) is 9.60. The van der Waals surface area contributed by atoms with Gasteiger partial charge in [-0.1, -0.05) is 6.07 Å². The van der Waals surface area contributed by atoms with Crippen molar-refractivity contribution in [2.75, 3.05) is 58.9 Å². The monoisotopic (exact) mass is 478 g/mol. The number of carbonyl (C=O) groups excluding carboxylic acids is 1. The van der Waals surface area contributed by atoms with E-state index in [-0.39, 0.29) is 12.5 Å². The predicted octanol–water partition coefficient (Wildman–Crippen LogP) is 2.34. The van der Waals surface area contributed by atoms with E-state index in [1.165, 1.54) is 12.7 Å². The van der Waals surface area contributed by atoms with Crippen molar-refractivity contribution in [3.05, 3.63) is 23.4 Å². The summed E-state index contributed by atoms with van der Waals surface area (Å²) in [7, 11) is 3.18. The predicted molar refractivity (Wildman–Crippen MR) is 132 cm³/mol. The number of aryl methyl sites for hydroxylation is 2. The summed E-state index contributed by atoms with van der Waals surface area (Å²) in [6, 6.07) is 3.36. The number of rotatable bonds is 16. The first-order chi connectivity index (χ1) is 16.3. The number of nitrogens with one attached hydrogen (secondary N) is 2. The second kappa shape index (κ2) is 14.2. The molecular formula is C25H42N4O5. The highest BCUT2D eigenvalue weighted by atomic mass is 16.5. The Hall–Kier alpha value is -2.23. The number of carboxylic acids is 1. The normalized spacial score (nSPS) is 14.4. The lowest BCUT2D eigenvalue weighted by Gasteiger charge is -2.27. The van der Waals surface area contributed by atoms with E-state index in [1.54, 1.807) is 21.0 Å². The average molecular weight is 479 g/mol. The molecule has 0 radical (unpaired) electrons. The first-order valence-electron chi connectivity index (χ1n) is 12.2. The Bertz CT molecular complexity index is 787. The number of hydrogen-bond acceptors (Lipinski definition) is 7. The van der Waals surface area contributed by atoms with Crippen molar-refractivity contribution in [3.63, 3.8) is 0 Å². The third-order valence-electron chi connectivity index (χ3n) is 6.18. The topological polar surface area (TPSA) is 113 Å². The molecule has 2 rings (SSSR count). The smallest absolute Gasteiger partial charge is 0.326 e. The van der Waals surface area contributed by atoms with Gasteiger partial charge >= 0.3 is 5.97 Å². The number of aromatic nitrogens is 1. The molecule has 2 heterocycles. The average Bonchev–Trinajstić information content (AvgIpc) is 2.81. The highest BCUT2D eigenvalue weighted by Gasteiger charge is 2.31. The molecule has 1 atom stereocenters. The van der Waals surface area contributed by atoms with Gasteiger partial charge in [0, 0.05) is 39.5 Å². The Morgan fingerprint density at radius 2 is 2.00 bits per heavy atom. The number of ether oxygens (including phenoxy) is 2. The first-order valence-corrected chi connectivity index (χ1v) is 12.2. The van der Waals surface area contributed by atoms with E-state index in [9.17, 15) is 14.7 Å². The van der Waals surface area contributed by atoms with Gasteiger partial charge in [0.1, 0.15) is 11.9 Å². The van der Waals surface area contributed by atoms with Gasteiger partial charge in [-0.05, 0) is 70.5 Å². The number of hydrogen-bond donors (Lipinski definition) is 3. The minimum Gasteiger partial charge on any atom is -0.480 e. The van der Waals surface area contributed by atoms with Crippen molar-refractivity contribution in [3.8, 4) is 0 Å². The number of aliphatic carboxylic acids is 1. The summed E-state index contributed by atoms with van der Waals surface area (Å²) in [6.07, 6.45) is 5.45. The van der Waals surface area contributed by atoms with E-state index in [2.05, 4.69) is 27.7 Å².